The van der Waals surface area contributed by atoms with E-state index in [0.717, 1.165) is 23.3 Å². The maximum atomic E-state index is 12.0. The van der Waals surface area contributed by atoms with Gasteiger partial charge in [-0.15, -0.1) is 0 Å². The zero-order chi connectivity index (χ0) is 16.9. The van der Waals surface area contributed by atoms with Crippen LogP contribution in [0.3, 0.4) is 0 Å². The van der Waals surface area contributed by atoms with E-state index in [4.69, 9.17) is 0 Å². The van der Waals surface area contributed by atoms with Crippen molar-refractivity contribution in [2.24, 2.45) is 0 Å². The van der Waals surface area contributed by atoms with Crippen molar-refractivity contribution >= 4 is 16.9 Å². The van der Waals surface area contributed by atoms with Crippen molar-refractivity contribution in [1.82, 2.24) is 29.6 Å². The molecule has 1 N–H and O–H groups in total. The lowest BCUT2D eigenvalue weighted by atomic mass is 10.3. The first-order valence-electron chi connectivity index (χ1n) is 8.20. The van der Waals surface area contributed by atoms with Crippen LogP contribution in [0.1, 0.15) is 38.6 Å². The summed E-state index contributed by atoms with van der Waals surface area (Å²) < 4.78 is 3.90. The van der Waals surface area contributed by atoms with E-state index < -0.39 is 0 Å². The SMILES string of the molecule is CC(C)n1c(CNC(=O)CCCn2cncn2)nc2ccccc21. The average molecular weight is 326 g/mol. The van der Waals surface area contributed by atoms with Crippen LogP contribution in [0.5, 0.6) is 0 Å². The molecule has 0 bridgehead atoms. The summed E-state index contributed by atoms with van der Waals surface area (Å²) in [6, 6.07) is 8.34. The number of carbonyl (C=O) groups is 1. The lowest BCUT2D eigenvalue weighted by Gasteiger charge is -2.13. The Balaban J connectivity index is 1.58. The van der Waals surface area contributed by atoms with E-state index in [1.54, 1.807) is 11.0 Å². The molecule has 0 spiro atoms. The Morgan fingerprint density at radius 1 is 1.29 bits per heavy atom. The van der Waals surface area contributed by atoms with Crippen LogP contribution in [0.15, 0.2) is 36.9 Å². The molecule has 0 aliphatic heterocycles. The number of benzene rings is 1. The molecule has 7 nitrogen and oxygen atoms in total. The van der Waals surface area contributed by atoms with Gasteiger partial charge in [-0.2, -0.15) is 5.10 Å². The highest BCUT2D eigenvalue weighted by atomic mass is 16.1. The molecule has 0 atom stereocenters. The summed E-state index contributed by atoms with van der Waals surface area (Å²) >= 11 is 0. The van der Waals surface area contributed by atoms with Gasteiger partial charge in [0.2, 0.25) is 5.91 Å². The Kier molecular flexibility index (Phi) is 4.88. The van der Waals surface area contributed by atoms with Crippen LogP contribution in [0.2, 0.25) is 0 Å². The lowest BCUT2D eigenvalue weighted by Crippen LogP contribution is -2.25. The quantitative estimate of drug-likeness (QED) is 0.723. The summed E-state index contributed by atoms with van der Waals surface area (Å²) in [6.07, 6.45) is 4.34. The molecule has 1 aromatic carbocycles. The van der Waals surface area contributed by atoms with E-state index in [-0.39, 0.29) is 11.9 Å². The van der Waals surface area contributed by atoms with Gasteiger partial charge in [0.25, 0.3) is 0 Å². The summed E-state index contributed by atoms with van der Waals surface area (Å²) in [4.78, 5) is 20.6. The van der Waals surface area contributed by atoms with Gasteiger partial charge in [0.05, 0.1) is 17.6 Å². The van der Waals surface area contributed by atoms with E-state index >= 15 is 0 Å². The number of imidazole rings is 1. The van der Waals surface area contributed by atoms with Crippen molar-refractivity contribution in [3.63, 3.8) is 0 Å². The van der Waals surface area contributed by atoms with Crippen LogP contribution >= 0.6 is 0 Å². The number of amides is 1. The van der Waals surface area contributed by atoms with E-state index in [2.05, 4.69) is 44.9 Å². The molecule has 3 aromatic rings. The fourth-order valence-corrected chi connectivity index (χ4v) is 2.81. The Morgan fingerprint density at radius 2 is 2.12 bits per heavy atom. The molecule has 2 aromatic heterocycles. The van der Waals surface area contributed by atoms with Gasteiger partial charge < -0.3 is 9.88 Å². The normalized spacial score (nSPS) is 11.3. The first-order valence-corrected chi connectivity index (χ1v) is 8.20. The highest BCUT2D eigenvalue weighted by Gasteiger charge is 2.13. The van der Waals surface area contributed by atoms with Crippen molar-refractivity contribution in [2.45, 2.75) is 45.8 Å². The summed E-state index contributed by atoms with van der Waals surface area (Å²) in [5, 5.41) is 6.99. The van der Waals surface area contributed by atoms with Gasteiger partial charge in [0.1, 0.15) is 18.5 Å². The third-order valence-electron chi connectivity index (χ3n) is 3.89. The number of aryl methyl sites for hydroxylation is 1. The van der Waals surface area contributed by atoms with Crippen LogP contribution in [-0.4, -0.2) is 30.2 Å². The topological polar surface area (TPSA) is 77.6 Å². The molecular weight excluding hydrogens is 304 g/mol. The van der Waals surface area contributed by atoms with Crippen LogP contribution in [0.4, 0.5) is 0 Å². The van der Waals surface area contributed by atoms with Gasteiger partial charge in [-0.05, 0) is 32.4 Å². The fraction of sp³-hybridized carbons (Fsp3) is 0.412. The molecular formula is C17H22N6O. The second-order valence-electron chi connectivity index (χ2n) is 6.02. The molecule has 3 rings (SSSR count). The zero-order valence-electron chi connectivity index (χ0n) is 14.0. The average Bonchev–Trinajstić information content (AvgIpc) is 3.19. The predicted molar refractivity (Wildman–Crippen MR) is 91.2 cm³/mol. The number of nitrogens with one attached hydrogen (secondary N) is 1. The third-order valence-corrected chi connectivity index (χ3v) is 3.89. The van der Waals surface area contributed by atoms with Gasteiger partial charge in [-0.25, -0.2) is 9.97 Å². The van der Waals surface area contributed by atoms with Crippen LogP contribution in [0.25, 0.3) is 11.0 Å². The first kappa shape index (κ1) is 16.2. The number of rotatable bonds is 7. The van der Waals surface area contributed by atoms with Gasteiger partial charge in [0.15, 0.2) is 0 Å². The van der Waals surface area contributed by atoms with Crippen LogP contribution in [0, 0.1) is 0 Å². The highest BCUT2D eigenvalue weighted by Crippen LogP contribution is 2.20. The molecule has 1 amide bonds. The zero-order valence-corrected chi connectivity index (χ0v) is 14.0. The first-order chi connectivity index (χ1) is 11.6. The number of aromatic nitrogens is 5. The predicted octanol–water partition coefficient (Wildman–Crippen LogP) is 2.31. The lowest BCUT2D eigenvalue weighted by molar-refractivity contribution is -0.121. The minimum atomic E-state index is 0.0254. The van der Waals surface area contributed by atoms with Crippen LogP contribution in [-0.2, 0) is 17.9 Å². The molecule has 24 heavy (non-hydrogen) atoms. The minimum absolute atomic E-state index is 0.0254. The fourth-order valence-electron chi connectivity index (χ4n) is 2.81. The minimum Gasteiger partial charge on any atom is -0.349 e. The summed E-state index contributed by atoms with van der Waals surface area (Å²) in [5.41, 5.74) is 2.06. The summed E-state index contributed by atoms with van der Waals surface area (Å²) in [5.74, 6) is 0.910. The Morgan fingerprint density at radius 3 is 2.88 bits per heavy atom. The molecule has 126 valence electrons. The van der Waals surface area contributed by atoms with Crippen molar-refractivity contribution in [2.75, 3.05) is 0 Å². The molecule has 2 heterocycles. The van der Waals surface area contributed by atoms with E-state index in [0.29, 0.717) is 19.5 Å². The van der Waals surface area contributed by atoms with Crippen molar-refractivity contribution < 1.29 is 4.79 Å². The Bertz CT molecular complexity index is 806. The largest absolute Gasteiger partial charge is 0.349 e. The second kappa shape index (κ2) is 7.25. The number of hydrogen-bond acceptors (Lipinski definition) is 4. The van der Waals surface area contributed by atoms with Crippen molar-refractivity contribution in [3.05, 3.63) is 42.7 Å². The summed E-state index contributed by atoms with van der Waals surface area (Å²) in [7, 11) is 0. The third kappa shape index (κ3) is 3.61. The molecule has 7 heteroatoms. The Hall–Kier alpha value is -2.70. The van der Waals surface area contributed by atoms with E-state index in [9.17, 15) is 4.79 Å². The monoisotopic (exact) mass is 326 g/mol. The molecule has 0 saturated heterocycles. The smallest absolute Gasteiger partial charge is 0.220 e. The molecule has 0 aliphatic carbocycles. The molecule has 0 radical (unpaired) electrons. The number of para-hydroxylation sites is 2. The molecule has 0 saturated carbocycles. The van der Waals surface area contributed by atoms with Gasteiger partial charge >= 0.3 is 0 Å². The van der Waals surface area contributed by atoms with Gasteiger partial charge in [-0.1, -0.05) is 12.1 Å². The number of fused-ring (bicyclic) bond motifs is 1. The van der Waals surface area contributed by atoms with E-state index in [1.165, 1.54) is 6.33 Å². The van der Waals surface area contributed by atoms with Gasteiger partial charge in [0, 0.05) is 19.0 Å². The number of carbonyl (C=O) groups excluding carboxylic acids is 1. The van der Waals surface area contributed by atoms with E-state index in [1.807, 2.05) is 18.2 Å². The molecule has 0 fully saturated rings. The maximum Gasteiger partial charge on any atom is 0.220 e. The van der Waals surface area contributed by atoms with Crippen LogP contribution < -0.4 is 5.32 Å². The Labute approximate surface area is 140 Å². The molecule has 0 unspecified atom stereocenters. The number of nitrogens with zero attached hydrogens (tertiary/aromatic N) is 5. The van der Waals surface area contributed by atoms with Gasteiger partial charge in [-0.3, -0.25) is 9.48 Å². The maximum absolute atomic E-state index is 12.0. The summed E-state index contributed by atoms with van der Waals surface area (Å²) in [6.45, 7) is 5.38. The second-order valence-corrected chi connectivity index (χ2v) is 6.02. The molecule has 0 aliphatic rings. The standard InChI is InChI=1S/C17H22N6O/c1-13(2)23-15-7-4-3-6-14(15)21-16(23)10-19-17(24)8-5-9-22-12-18-11-20-22/h3-4,6-7,11-13H,5,8-10H2,1-2H3,(H,19,24). The van der Waals surface area contributed by atoms with Crippen molar-refractivity contribution in [1.29, 1.82) is 0 Å². The number of hydrogen-bond donors (Lipinski definition) is 1. The van der Waals surface area contributed by atoms with Crippen molar-refractivity contribution in [3.8, 4) is 0 Å². The highest BCUT2D eigenvalue weighted by molar-refractivity contribution is 5.77.